The van der Waals surface area contributed by atoms with Crippen LogP contribution in [0.1, 0.15) is 0 Å². The number of hydrogen-bond acceptors (Lipinski definition) is 4. The average molecular weight is 431 g/mol. The minimum atomic E-state index is -3.67. The molecule has 0 unspecified atom stereocenters. The van der Waals surface area contributed by atoms with E-state index >= 15 is 0 Å². The van der Waals surface area contributed by atoms with E-state index in [2.05, 4.69) is 5.32 Å². The van der Waals surface area contributed by atoms with Crippen LogP contribution in [0.2, 0.25) is 5.02 Å². The van der Waals surface area contributed by atoms with Crippen LogP contribution in [0, 0.1) is 0 Å². The first-order chi connectivity index (χ1) is 13.8. The minimum absolute atomic E-state index is 0.321. The van der Waals surface area contributed by atoms with Gasteiger partial charge in [-0.25, -0.2) is 8.42 Å². The number of benzene rings is 3. The first-order valence-corrected chi connectivity index (χ1v) is 10.9. The van der Waals surface area contributed by atoms with Crippen molar-refractivity contribution in [3.8, 4) is 11.5 Å². The molecular weight excluding hydrogens is 412 g/mol. The molecule has 8 heteroatoms. The molecule has 0 saturated carbocycles. The highest BCUT2D eigenvalue weighted by Crippen LogP contribution is 2.24. The maximum Gasteiger partial charge on any atom is 0.245 e. The van der Waals surface area contributed by atoms with Gasteiger partial charge in [0.15, 0.2) is 0 Å². The van der Waals surface area contributed by atoms with Gasteiger partial charge in [-0.05, 0) is 54.6 Å². The van der Waals surface area contributed by atoms with E-state index in [0.717, 1.165) is 10.6 Å². The van der Waals surface area contributed by atoms with Gasteiger partial charge >= 0.3 is 0 Å². The van der Waals surface area contributed by atoms with Crippen LogP contribution in [0.4, 0.5) is 11.4 Å². The monoisotopic (exact) mass is 430 g/mol. The number of amides is 1. The Morgan fingerprint density at radius 3 is 2.24 bits per heavy atom. The lowest BCUT2D eigenvalue weighted by Gasteiger charge is -2.22. The third kappa shape index (κ3) is 5.97. The van der Waals surface area contributed by atoms with Crippen LogP contribution in [0.5, 0.6) is 11.5 Å². The second kappa shape index (κ2) is 8.98. The second-order valence-electron chi connectivity index (χ2n) is 6.24. The molecule has 3 aromatic carbocycles. The number of para-hydroxylation sites is 1. The largest absolute Gasteiger partial charge is 0.457 e. The molecule has 29 heavy (non-hydrogen) atoms. The Morgan fingerprint density at radius 2 is 1.62 bits per heavy atom. The van der Waals surface area contributed by atoms with Gasteiger partial charge in [0.2, 0.25) is 15.9 Å². The fraction of sp³-hybridized carbons (Fsp3) is 0.0952. The first-order valence-electron chi connectivity index (χ1n) is 8.67. The summed E-state index contributed by atoms with van der Waals surface area (Å²) in [7, 11) is -3.67. The number of sulfonamides is 1. The van der Waals surface area contributed by atoms with E-state index in [4.69, 9.17) is 16.3 Å². The molecule has 3 aromatic rings. The van der Waals surface area contributed by atoms with Crippen LogP contribution in [-0.4, -0.2) is 27.1 Å². The van der Waals surface area contributed by atoms with Gasteiger partial charge in [-0.1, -0.05) is 35.9 Å². The van der Waals surface area contributed by atoms with Gasteiger partial charge in [-0.3, -0.25) is 9.10 Å². The van der Waals surface area contributed by atoms with Gasteiger partial charge in [0.05, 0.1) is 11.9 Å². The van der Waals surface area contributed by atoms with Gasteiger partial charge in [-0.15, -0.1) is 0 Å². The molecule has 0 aliphatic heterocycles. The van der Waals surface area contributed by atoms with Gasteiger partial charge in [0.25, 0.3) is 0 Å². The highest BCUT2D eigenvalue weighted by Gasteiger charge is 2.21. The molecule has 0 atom stereocenters. The Bertz CT molecular complexity index is 1090. The smallest absolute Gasteiger partial charge is 0.245 e. The zero-order valence-corrected chi connectivity index (χ0v) is 17.2. The Balaban J connectivity index is 1.67. The second-order valence-corrected chi connectivity index (χ2v) is 8.58. The summed E-state index contributed by atoms with van der Waals surface area (Å²) in [5.74, 6) is 0.840. The van der Waals surface area contributed by atoms with E-state index in [1.165, 1.54) is 6.07 Å². The lowest BCUT2D eigenvalue weighted by Crippen LogP contribution is -2.37. The summed E-state index contributed by atoms with van der Waals surface area (Å²) in [5.41, 5.74) is 0.844. The third-order valence-electron chi connectivity index (χ3n) is 3.90. The van der Waals surface area contributed by atoms with Crippen LogP contribution in [0.25, 0.3) is 0 Å². The molecule has 0 radical (unpaired) electrons. The number of nitrogens with one attached hydrogen (secondary N) is 1. The van der Waals surface area contributed by atoms with Crippen molar-refractivity contribution in [2.24, 2.45) is 0 Å². The molecule has 0 bridgehead atoms. The zero-order valence-electron chi connectivity index (χ0n) is 15.6. The number of carbonyl (C=O) groups excluding carboxylic acids is 1. The Hall–Kier alpha value is -3.03. The highest BCUT2D eigenvalue weighted by molar-refractivity contribution is 7.92. The van der Waals surface area contributed by atoms with E-state index < -0.39 is 15.9 Å². The number of carbonyl (C=O) groups is 1. The SMILES string of the molecule is CS(=O)(=O)N(CC(=O)Nc1ccc(Oc2ccccc2)cc1)c1cccc(Cl)c1. The van der Waals surface area contributed by atoms with Crippen LogP contribution in [-0.2, 0) is 14.8 Å². The van der Waals surface area contributed by atoms with Gasteiger partial charge in [0.1, 0.15) is 18.0 Å². The maximum atomic E-state index is 12.4. The van der Waals surface area contributed by atoms with Crippen molar-refractivity contribution in [3.05, 3.63) is 83.9 Å². The number of ether oxygens (including phenoxy) is 1. The summed E-state index contributed by atoms with van der Waals surface area (Å²) in [6, 6.07) is 22.4. The summed E-state index contributed by atoms with van der Waals surface area (Å²) in [5, 5.41) is 3.07. The molecule has 0 aromatic heterocycles. The van der Waals surface area contributed by atoms with Crippen molar-refractivity contribution >= 4 is 38.9 Å². The lowest BCUT2D eigenvalue weighted by atomic mass is 10.3. The van der Waals surface area contributed by atoms with E-state index in [-0.39, 0.29) is 6.54 Å². The van der Waals surface area contributed by atoms with Crippen LogP contribution >= 0.6 is 11.6 Å². The fourth-order valence-electron chi connectivity index (χ4n) is 2.59. The number of anilines is 2. The highest BCUT2D eigenvalue weighted by atomic mass is 35.5. The standard InChI is InChI=1S/C21H19ClN2O4S/c1-29(26,27)24(18-7-5-6-16(22)14-18)15-21(25)23-17-10-12-20(13-11-17)28-19-8-3-2-4-9-19/h2-14H,15H2,1H3,(H,23,25). The van der Waals surface area contributed by atoms with E-state index in [1.807, 2.05) is 30.3 Å². The summed E-state index contributed by atoms with van der Waals surface area (Å²) < 4.78 is 31.0. The molecule has 0 fully saturated rings. The maximum absolute atomic E-state index is 12.4. The van der Waals surface area contributed by atoms with Crippen LogP contribution < -0.4 is 14.4 Å². The Morgan fingerprint density at radius 1 is 0.966 bits per heavy atom. The molecule has 3 rings (SSSR count). The Labute approximate surface area is 174 Å². The average Bonchev–Trinajstić information content (AvgIpc) is 2.68. The van der Waals surface area contributed by atoms with Gasteiger partial charge < -0.3 is 10.1 Å². The van der Waals surface area contributed by atoms with Crippen LogP contribution in [0.3, 0.4) is 0 Å². The molecule has 0 aliphatic rings. The summed E-state index contributed by atoms with van der Waals surface area (Å²) in [6.45, 7) is -0.374. The number of hydrogen-bond donors (Lipinski definition) is 1. The van der Waals surface area contributed by atoms with Crippen molar-refractivity contribution in [1.29, 1.82) is 0 Å². The number of nitrogens with zero attached hydrogens (tertiary/aromatic N) is 1. The van der Waals surface area contributed by atoms with Crippen molar-refractivity contribution in [3.63, 3.8) is 0 Å². The summed E-state index contributed by atoms with van der Waals surface area (Å²) >= 11 is 5.94. The Kier molecular flexibility index (Phi) is 6.41. The minimum Gasteiger partial charge on any atom is -0.457 e. The predicted molar refractivity (Wildman–Crippen MR) is 115 cm³/mol. The van der Waals surface area contributed by atoms with Crippen molar-refractivity contribution in [2.75, 3.05) is 22.4 Å². The van der Waals surface area contributed by atoms with E-state index in [1.54, 1.807) is 42.5 Å². The first kappa shape index (κ1) is 20.7. The molecule has 0 saturated heterocycles. The number of halogens is 1. The van der Waals surface area contributed by atoms with Gasteiger partial charge in [0, 0.05) is 10.7 Å². The topological polar surface area (TPSA) is 75.7 Å². The van der Waals surface area contributed by atoms with Crippen molar-refractivity contribution < 1.29 is 17.9 Å². The third-order valence-corrected chi connectivity index (χ3v) is 5.28. The molecule has 0 heterocycles. The van der Waals surface area contributed by atoms with Crippen molar-refractivity contribution in [2.45, 2.75) is 0 Å². The zero-order chi connectivity index (χ0) is 20.9. The molecule has 0 spiro atoms. The van der Waals surface area contributed by atoms with Gasteiger partial charge in [-0.2, -0.15) is 0 Å². The summed E-state index contributed by atoms with van der Waals surface area (Å²) in [6.07, 6.45) is 1.04. The molecule has 6 nitrogen and oxygen atoms in total. The molecule has 1 N–H and O–H groups in total. The van der Waals surface area contributed by atoms with Crippen LogP contribution in [0.15, 0.2) is 78.9 Å². The van der Waals surface area contributed by atoms with Crippen molar-refractivity contribution in [1.82, 2.24) is 0 Å². The molecule has 1 amide bonds. The lowest BCUT2D eigenvalue weighted by molar-refractivity contribution is -0.114. The quantitative estimate of drug-likeness (QED) is 0.597. The van der Waals surface area contributed by atoms with E-state index in [0.29, 0.717) is 27.9 Å². The van der Waals surface area contributed by atoms with E-state index in [9.17, 15) is 13.2 Å². The molecule has 0 aliphatic carbocycles. The molecule has 150 valence electrons. The molecular formula is C21H19ClN2O4S. The predicted octanol–water partition coefficient (Wildman–Crippen LogP) is 4.54. The fourth-order valence-corrected chi connectivity index (χ4v) is 3.63. The number of rotatable bonds is 7. The normalized spacial score (nSPS) is 11.0. The summed E-state index contributed by atoms with van der Waals surface area (Å²) in [4.78, 5) is 12.4.